The molecule has 0 saturated heterocycles. The van der Waals surface area contributed by atoms with Crippen molar-refractivity contribution < 1.29 is 8.83 Å². The predicted molar refractivity (Wildman–Crippen MR) is 553 cm³/mol. The van der Waals surface area contributed by atoms with Gasteiger partial charge >= 0.3 is 0 Å². The van der Waals surface area contributed by atoms with Gasteiger partial charge in [-0.25, -0.2) is 0 Å². The second-order valence-electron chi connectivity index (χ2n) is 36.3. The van der Waals surface area contributed by atoms with Gasteiger partial charge in [-0.2, -0.15) is 0 Å². The molecule has 21 aromatic carbocycles. The highest BCUT2D eigenvalue weighted by molar-refractivity contribution is 6.23. The molecular formula is C128H78N4O2. The first-order valence-electron chi connectivity index (χ1n) is 46.3. The molecule has 4 aliphatic carbocycles. The summed E-state index contributed by atoms with van der Waals surface area (Å²) in [6.45, 7) is 0. The average molecular weight is 1700 g/mol. The van der Waals surface area contributed by atoms with E-state index in [-0.39, 0.29) is 0 Å². The Hall–Kier alpha value is -17.6. The number of rotatable bonds is 12. The number of nitrogens with zero attached hydrogens (tertiary/aromatic N) is 4. The summed E-state index contributed by atoms with van der Waals surface area (Å²) in [5.74, 6) is 0. The Labute approximate surface area is 772 Å². The van der Waals surface area contributed by atoms with Crippen LogP contribution in [0.15, 0.2) is 482 Å². The van der Waals surface area contributed by atoms with E-state index < -0.39 is 10.8 Å². The van der Waals surface area contributed by atoms with Gasteiger partial charge in [0.05, 0.1) is 38.6 Å². The fourth-order valence-corrected chi connectivity index (χ4v) is 24.2. The molecule has 0 fully saturated rings. The van der Waals surface area contributed by atoms with E-state index >= 15 is 0 Å². The minimum absolute atomic E-state index is 0.554. The van der Waals surface area contributed by atoms with E-state index in [1.54, 1.807) is 0 Å². The fourth-order valence-electron chi connectivity index (χ4n) is 24.2. The molecule has 4 aliphatic rings. The Morgan fingerprint density at radius 2 is 0.552 bits per heavy atom. The van der Waals surface area contributed by atoms with Crippen LogP contribution < -0.4 is 9.80 Å². The minimum Gasteiger partial charge on any atom is -0.456 e. The zero-order valence-corrected chi connectivity index (χ0v) is 72.6. The van der Waals surface area contributed by atoms with Gasteiger partial charge in [0.1, 0.15) is 16.7 Å². The summed E-state index contributed by atoms with van der Waals surface area (Å²) in [6.07, 6.45) is 0. The van der Waals surface area contributed by atoms with Gasteiger partial charge in [-0.1, -0.05) is 334 Å². The molecule has 4 aromatic heterocycles. The van der Waals surface area contributed by atoms with Gasteiger partial charge in [-0.15, -0.1) is 0 Å². The number of para-hydroxylation sites is 4. The average Bonchev–Trinajstić information content (AvgIpc) is 1.50. The molecule has 134 heavy (non-hydrogen) atoms. The van der Waals surface area contributed by atoms with Crippen molar-refractivity contribution in [3.63, 3.8) is 0 Å². The maximum atomic E-state index is 7.36. The molecule has 1 unspecified atom stereocenters. The van der Waals surface area contributed by atoms with Crippen LogP contribution in [0.25, 0.3) is 188 Å². The first-order valence-corrected chi connectivity index (χ1v) is 46.3. The molecular weight excluding hydrogens is 1630 g/mol. The molecule has 0 N–H and O–H groups in total. The van der Waals surface area contributed by atoms with Crippen LogP contribution in [-0.2, 0) is 10.8 Å². The smallest absolute Gasteiger partial charge is 0.159 e. The van der Waals surface area contributed by atoms with Crippen LogP contribution in [0.5, 0.6) is 0 Å². The lowest BCUT2D eigenvalue weighted by molar-refractivity contribution is 0.669. The summed E-state index contributed by atoms with van der Waals surface area (Å²) >= 11 is 0. The Kier molecular flexibility index (Phi) is 15.8. The fraction of sp³-hybridized carbons (Fsp3) is 0.0156. The molecule has 29 rings (SSSR count). The van der Waals surface area contributed by atoms with Crippen molar-refractivity contribution in [1.82, 2.24) is 9.13 Å². The summed E-state index contributed by atoms with van der Waals surface area (Å²) in [4.78, 5) is 4.85. The van der Waals surface area contributed by atoms with Crippen LogP contribution in [0.4, 0.5) is 34.1 Å². The number of aromatic nitrogens is 2. The molecule has 0 radical (unpaired) electrons. The first kappa shape index (κ1) is 74.4. The highest BCUT2D eigenvalue weighted by atomic mass is 16.3. The van der Waals surface area contributed by atoms with E-state index in [0.29, 0.717) is 0 Å². The van der Waals surface area contributed by atoms with Gasteiger partial charge in [-0.3, -0.25) is 0 Å². The standard InChI is InChI=1S/C128H78N4O2/c1-6-28-79(29-7-1)81-52-58-88(59-53-81)130(118-51-27-45-99-98-44-26-43-93(125(98)134-126(99)118)83-32-10-3-11-33-83)92-63-69-114-105(78-92)124-116(131(114)87-36-14-5-15-37-87)71-67-112-122(124)101-42-20-25-50-110(101)128(112)108-48-23-18-40-96(108)97-65-56-85(75-113(97)128)82-54-60-89(61-55-82)132-115-68-62-90(129(86-34-12-4-13-35-86)91-64-73-120-103(76-91)102-74-84(57-72-119(102)133-120)80-30-8-2-9-31-80)77-104(115)123-117(132)70-66-111-121(123)100-41-19-24-49-109(100)127(111)106-46-21-16-38-94(106)95-39-17-22-47-107(95)127/h1-78H. The lowest BCUT2D eigenvalue weighted by Crippen LogP contribution is -2.25. The lowest BCUT2D eigenvalue weighted by atomic mass is 9.70. The molecule has 6 heteroatoms. The maximum absolute atomic E-state index is 7.36. The number of benzene rings is 21. The predicted octanol–water partition coefficient (Wildman–Crippen LogP) is 34.0. The molecule has 25 aromatic rings. The zero-order valence-electron chi connectivity index (χ0n) is 72.6. The van der Waals surface area contributed by atoms with E-state index in [1.165, 1.54) is 105 Å². The number of furan rings is 2. The summed E-state index contributed by atoms with van der Waals surface area (Å²) in [5.41, 5.74) is 44.4. The van der Waals surface area contributed by atoms with E-state index in [4.69, 9.17) is 8.83 Å². The quantitative estimate of drug-likeness (QED) is 0.122. The third-order valence-electron chi connectivity index (χ3n) is 29.7. The minimum atomic E-state index is -0.701. The van der Waals surface area contributed by atoms with Crippen LogP contribution in [0, 0.1) is 0 Å². The molecule has 622 valence electrons. The van der Waals surface area contributed by atoms with Crippen molar-refractivity contribution in [3.8, 4) is 100 Å². The van der Waals surface area contributed by atoms with Crippen LogP contribution >= 0.6 is 0 Å². The van der Waals surface area contributed by atoms with Crippen LogP contribution in [0.2, 0.25) is 0 Å². The first-order chi connectivity index (χ1) is 66.5. The van der Waals surface area contributed by atoms with Gasteiger partial charge in [0, 0.05) is 88.5 Å². The zero-order chi connectivity index (χ0) is 87.6. The molecule has 2 spiro atoms. The van der Waals surface area contributed by atoms with Crippen molar-refractivity contribution >= 4 is 122 Å². The number of fused-ring (bicyclic) bond motifs is 34. The van der Waals surface area contributed by atoms with Crippen LogP contribution in [-0.4, -0.2) is 9.13 Å². The number of anilines is 6. The highest BCUT2D eigenvalue weighted by Crippen LogP contribution is 2.68. The number of hydrogen-bond donors (Lipinski definition) is 0. The molecule has 1 atom stereocenters. The maximum Gasteiger partial charge on any atom is 0.159 e. The van der Waals surface area contributed by atoms with Crippen molar-refractivity contribution in [2.75, 3.05) is 9.80 Å². The van der Waals surface area contributed by atoms with E-state index in [0.717, 1.165) is 161 Å². The Balaban J connectivity index is 0.611. The molecule has 0 bridgehead atoms. The Morgan fingerprint density at radius 1 is 0.187 bits per heavy atom. The lowest BCUT2D eigenvalue weighted by Gasteiger charge is -2.30. The third kappa shape index (κ3) is 10.4. The van der Waals surface area contributed by atoms with Gasteiger partial charge in [0.25, 0.3) is 0 Å². The van der Waals surface area contributed by atoms with Crippen molar-refractivity contribution in [2.24, 2.45) is 0 Å². The van der Waals surface area contributed by atoms with E-state index in [9.17, 15) is 0 Å². The summed E-state index contributed by atoms with van der Waals surface area (Å²) in [7, 11) is 0. The Bertz CT molecular complexity index is 9200. The second-order valence-corrected chi connectivity index (χ2v) is 36.3. The molecule has 0 aliphatic heterocycles. The Morgan fingerprint density at radius 3 is 1.13 bits per heavy atom. The van der Waals surface area contributed by atoms with Gasteiger partial charge in [-0.05, 0) is 267 Å². The molecule has 0 saturated carbocycles. The third-order valence-corrected chi connectivity index (χ3v) is 29.7. The van der Waals surface area contributed by atoms with Crippen molar-refractivity contribution in [2.45, 2.75) is 10.8 Å². The van der Waals surface area contributed by atoms with Crippen molar-refractivity contribution in [1.29, 1.82) is 0 Å². The van der Waals surface area contributed by atoms with Crippen LogP contribution in [0.1, 0.15) is 44.5 Å². The highest BCUT2D eigenvalue weighted by Gasteiger charge is 2.54. The molecule has 4 heterocycles. The van der Waals surface area contributed by atoms with Gasteiger partial charge < -0.3 is 27.8 Å². The summed E-state index contributed by atoms with van der Waals surface area (Å²) in [6, 6.07) is 176. The SMILES string of the molecule is c1ccc(-c2ccc(N(c3ccc4c(c3)c3c5c(ccc3n4-c3ccccc3)C3(c4ccccc4-c4ccc(-c6ccc(-n7c8ccc(N(c9ccccc9)c9ccc%10oc%11ccc(-c%12ccccc%12)cc%11c%10c9)cc8c8c9c(ccc87)C7(c8ccccc8-c8ccccc87)c7ccccc7-9)cc6)cc43)c3ccccc3-5)c3cccc4c3oc3c(-c5ccccc5)cccc34)cc2)cc1. The van der Waals surface area contributed by atoms with Gasteiger partial charge in [0.2, 0.25) is 0 Å². The summed E-state index contributed by atoms with van der Waals surface area (Å²) < 4.78 is 19.0. The molecule has 6 nitrogen and oxygen atoms in total. The number of hydrogen-bond acceptors (Lipinski definition) is 4. The summed E-state index contributed by atoms with van der Waals surface area (Å²) in [5, 5.41) is 9.01. The van der Waals surface area contributed by atoms with E-state index in [1.807, 2.05) is 0 Å². The monoisotopic (exact) mass is 1700 g/mol. The van der Waals surface area contributed by atoms with Gasteiger partial charge in [0.15, 0.2) is 5.58 Å². The topological polar surface area (TPSA) is 42.6 Å². The normalized spacial score (nSPS) is 13.9. The molecule has 0 amide bonds. The van der Waals surface area contributed by atoms with Crippen molar-refractivity contribution in [3.05, 3.63) is 518 Å². The largest absolute Gasteiger partial charge is 0.456 e. The second kappa shape index (κ2) is 28.5. The van der Waals surface area contributed by atoms with Crippen LogP contribution in [0.3, 0.4) is 0 Å². The van der Waals surface area contributed by atoms with E-state index in [2.05, 4.69) is 492 Å².